The summed E-state index contributed by atoms with van der Waals surface area (Å²) in [5.74, 6) is -0.708. The van der Waals surface area contributed by atoms with E-state index in [1.54, 1.807) is 34.3 Å². The van der Waals surface area contributed by atoms with Crippen molar-refractivity contribution in [2.45, 2.75) is 11.4 Å². The van der Waals surface area contributed by atoms with Crippen LogP contribution in [-0.2, 0) is 26.1 Å². The highest BCUT2D eigenvalue weighted by atomic mass is 32.2. The lowest BCUT2D eigenvalue weighted by atomic mass is 10.1. The van der Waals surface area contributed by atoms with E-state index in [2.05, 4.69) is 15.0 Å². The van der Waals surface area contributed by atoms with Crippen molar-refractivity contribution in [3.63, 3.8) is 0 Å². The predicted molar refractivity (Wildman–Crippen MR) is 121 cm³/mol. The minimum Gasteiger partial charge on any atom is -0.465 e. The van der Waals surface area contributed by atoms with Gasteiger partial charge in [0.2, 0.25) is 5.91 Å². The van der Waals surface area contributed by atoms with Crippen molar-refractivity contribution in [1.29, 1.82) is 0 Å². The molecule has 0 fully saturated rings. The number of rotatable bonds is 7. The van der Waals surface area contributed by atoms with E-state index in [0.717, 1.165) is 10.9 Å². The number of carbonyl (C=O) groups is 2. The van der Waals surface area contributed by atoms with E-state index in [4.69, 9.17) is 4.74 Å². The third-order valence-electron chi connectivity index (χ3n) is 4.61. The second-order valence-corrected chi connectivity index (χ2v) is 9.30. The molecule has 0 aliphatic carbocycles. The minimum absolute atomic E-state index is 0.0483. The first kappa shape index (κ1) is 21.5. The molecule has 11 heteroatoms. The Kier molecular flexibility index (Phi) is 5.93. The van der Waals surface area contributed by atoms with E-state index in [1.807, 2.05) is 6.07 Å². The first-order chi connectivity index (χ1) is 15.4. The molecule has 4 rings (SSSR count). The van der Waals surface area contributed by atoms with Gasteiger partial charge in [0.1, 0.15) is 6.54 Å². The Morgan fingerprint density at radius 3 is 2.59 bits per heavy atom. The number of anilines is 2. The highest BCUT2D eigenvalue weighted by Crippen LogP contribution is 2.21. The Bertz CT molecular complexity index is 1380. The molecule has 2 heterocycles. The number of hydrogen-bond donors (Lipinski definition) is 2. The Morgan fingerprint density at radius 2 is 1.91 bits per heavy atom. The fourth-order valence-corrected chi connectivity index (χ4v) is 4.89. The summed E-state index contributed by atoms with van der Waals surface area (Å²) in [5, 5.41) is 5.50. The number of aromatic nitrogens is 2. The second-order valence-electron chi connectivity index (χ2n) is 6.72. The number of thiazole rings is 1. The number of methoxy groups -OCH3 is 1. The van der Waals surface area contributed by atoms with Gasteiger partial charge in [0.25, 0.3) is 10.0 Å². The summed E-state index contributed by atoms with van der Waals surface area (Å²) >= 11 is 1.18. The number of amides is 1. The zero-order valence-corrected chi connectivity index (χ0v) is 18.4. The van der Waals surface area contributed by atoms with Crippen molar-refractivity contribution in [2.75, 3.05) is 17.1 Å². The van der Waals surface area contributed by atoms with E-state index in [1.165, 1.54) is 48.9 Å². The van der Waals surface area contributed by atoms with Crippen molar-refractivity contribution in [3.05, 3.63) is 71.9 Å². The first-order valence-corrected chi connectivity index (χ1v) is 11.7. The molecule has 2 N–H and O–H groups in total. The van der Waals surface area contributed by atoms with Crippen molar-refractivity contribution in [1.82, 2.24) is 9.55 Å². The van der Waals surface area contributed by atoms with Gasteiger partial charge in [-0.05, 0) is 48.5 Å². The maximum absolute atomic E-state index is 12.5. The van der Waals surface area contributed by atoms with E-state index >= 15 is 0 Å². The Labute approximate surface area is 187 Å². The van der Waals surface area contributed by atoms with Crippen LogP contribution in [0.4, 0.5) is 10.8 Å². The zero-order chi connectivity index (χ0) is 22.7. The molecule has 2 aromatic heterocycles. The number of ether oxygens (including phenoxy) is 1. The molecule has 0 saturated carbocycles. The van der Waals surface area contributed by atoms with Crippen LogP contribution in [0.3, 0.4) is 0 Å². The highest BCUT2D eigenvalue weighted by Gasteiger charge is 2.16. The third kappa shape index (κ3) is 4.63. The van der Waals surface area contributed by atoms with Gasteiger partial charge < -0.3 is 14.6 Å². The number of hydrogen-bond acceptors (Lipinski definition) is 7. The van der Waals surface area contributed by atoms with E-state index in [9.17, 15) is 18.0 Å². The van der Waals surface area contributed by atoms with Crippen LogP contribution in [0.2, 0.25) is 0 Å². The molecule has 0 spiro atoms. The molecular formula is C21H18N4O5S2. The van der Waals surface area contributed by atoms with Crippen LogP contribution in [0.1, 0.15) is 10.4 Å². The first-order valence-electron chi connectivity index (χ1n) is 9.35. The normalized spacial score (nSPS) is 11.3. The van der Waals surface area contributed by atoms with Gasteiger partial charge in [-0.25, -0.2) is 18.2 Å². The van der Waals surface area contributed by atoms with Crippen LogP contribution in [-0.4, -0.2) is 37.0 Å². The van der Waals surface area contributed by atoms with Gasteiger partial charge in [-0.2, -0.15) is 0 Å². The molecule has 1 amide bonds. The molecule has 0 aliphatic rings. The van der Waals surface area contributed by atoms with Crippen LogP contribution < -0.4 is 10.0 Å². The van der Waals surface area contributed by atoms with Gasteiger partial charge in [0.05, 0.1) is 17.6 Å². The van der Waals surface area contributed by atoms with Crippen molar-refractivity contribution < 1.29 is 22.7 Å². The van der Waals surface area contributed by atoms with Crippen molar-refractivity contribution in [2.24, 2.45) is 0 Å². The number of nitrogens with zero attached hydrogens (tertiary/aromatic N) is 2. The van der Waals surface area contributed by atoms with Gasteiger partial charge in [-0.15, -0.1) is 11.3 Å². The Balaban J connectivity index is 1.42. The van der Waals surface area contributed by atoms with Gasteiger partial charge in [-0.1, -0.05) is 0 Å². The largest absolute Gasteiger partial charge is 0.465 e. The number of sulfonamides is 1. The monoisotopic (exact) mass is 470 g/mol. The van der Waals surface area contributed by atoms with Gasteiger partial charge in [-0.3, -0.25) is 9.52 Å². The molecule has 0 radical (unpaired) electrons. The number of esters is 1. The summed E-state index contributed by atoms with van der Waals surface area (Å²) in [6, 6.07) is 12.8. The van der Waals surface area contributed by atoms with Gasteiger partial charge in [0, 0.05) is 34.4 Å². The quantitative estimate of drug-likeness (QED) is 0.400. The molecule has 0 atom stereocenters. The maximum Gasteiger partial charge on any atom is 0.337 e. The Hall–Kier alpha value is -3.70. The second kappa shape index (κ2) is 8.81. The number of carbonyl (C=O) groups excluding carboxylic acids is 2. The summed E-state index contributed by atoms with van der Waals surface area (Å²) in [6.45, 7) is 0.0483. The highest BCUT2D eigenvalue weighted by molar-refractivity contribution is 7.93. The summed E-state index contributed by atoms with van der Waals surface area (Å²) in [6.07, 6.45) is 3.26. The van der Waals surface area contributed by atoms with Crippen molar-refractivity contribution >= 4 is 55.0 Å². The lowest BCUT2D eigenvalue weighted by Gasteiger charge is -2.09. The summed E-state index contributed by atoms with van der Waals surface area (Å²) < 4.78 is 33.7. The van der Waals surface area contributed by atoms with Crippen LogP contribution in [0, 0.1) is 0 Å². The number of fused-ring (bicyclic) bond motifs is 1. The number of nitrogens with one attached hydrogen (secondary N) is 2. The van der Waals surface area contributed by atoms with Gasteiger partial charge >= 0.3 is 5.97 Å². The fourth-order valence-electron chi connectivity index (χ4n) is 3.10. The standard InChI is InChI=1S/C21H18N4O5S2/c1-30-20(27)15-2-7-18-14(12-15)8-10-25(18)13-19(26)23-16-3-5-17(6-4-16)32(28,29)24-21-22-9-11-31-21/h2-12H,13H2,1H3,(H,22,24)(H,23,26). The summed E-state index contributed by atoms with van der Waals surface area (Å²) in [7, 11) is -2.44. The summed E-state index contributed by atoms with van der Waals surface area (Å²) in [4.78, 5) is 28.1. The average Bonchev–Trinajstić information content (AvgIpc) is 3.43. The van der Waals surface area contributed by atoms with Crippen molar-refractivity contribution in [3.8, 4) is 0 Å². The lowest BCUT2D eigenvalue weighted by Crippen LogP contribution is -2.18. The Morgan fingerprint density at radius 1 is 1.12 bits per heavy atom. The topological polar surface area (TPSA) is 119 Å². The third-order valence-corrected chi connectivity index (χ3v) is 6.78. The average molecular weight is 471 g/mol. The van der Waals surface area contributed by atoms with E-state index in [0.29, 0.717) is 11.3 Å². The smallest absolute Gasteiger partial charge is 0.337 e. The molecular weight excluding hydrogens is 452 g/mol. The molecule has 4 aromatic rings. The molecule has 0 aliphatic heterocycles. The van der Waals surface area contributed by atoms with Crippen LogP contribution >= 0.6 is 11.3 Å². The molecule has 0 bridgehead atoms. The van der Waals surface area contributed by atoms with Crippen LogP contribution in [0.5, 0.6) is 0 Å². The summed E-state index contributed by atoms with van der Waals surface area (Å²) in [5.41, 5.74) is 1.69. The predicted octanol–water partition coefficient (Wildman–Crippen LogP) is 3.32. The fraction of sp³-hybridized carbons (Fsp3) is 0.0952. The molecule has 0 saturated heterocycles. The minimum atomic E-state index is -3.76. The molecule has 9 nitrogen and oxygen atoms in total. The SMILES string of the molecule is COC(=O)c1ccc2c(ccn2CC(=O)Nc2ccc(S(=O)(=O)Nc3nccs3)cc2)c1. The maximum atomic E-state index is 12.5. The molecule has 32 heavy (non-hydrogen) atoms. The lowest BCUT2D eigenvalue weighted by molar-refractivity contribution is -0.116. The zero-order valence-electron chi connectivity index (χ0n) is 16.8. The van der Waals surface area contributed by atoms with E-state index in [-0.39, 0.29) is 22.5 Å². The van der Waals surface area contributed by atoms with Gasteiger partial charge in [0.15, 0.2) is 5.13 Å². The molecule has 0 unspecified atom stereocenters. The molecule has 164 valence electrons. The van der Waals surface area contributed by atoms with E-state index < -0.39 is 16.0 Å². The number of benzene rings is 2. The molecule has 2 aromatic carbocycles. The van der Waals surface area contributed by atoms with Crippen LogP contribution in [0.15, 0.2) is 71.2 Å². The van der Waals surface area contributed by atoms with Crippen LogP contribution in [0.25, 0.3) is 10.9 Å².